The number of ether oxygens (including phenoxy) is 2. The van der Waals surface area contributed by atoms with Crippen LogP contribution in [0.2, 0.25) is 0 Å². The van der Waals surface area contributed by atoms with Gasteiger partial charge in [-0.2, -0.15) is 0 Å². The van der Waals surface area contributed by atoms with E-state index in [1.165, 1.54) is 0 Å². The third-order valence-corrected chi connectivity index (χ3v) is 1.82. The summed E-state index contributed by atoms with van der Waals surface area (Å²) in [4.78, 5) is 11.4. The van der Waals surface area contributed by atoms with Crippen molar-refractivity contribution in [3.8, 4) is 0 Å². The van der Waals surface area contributed by atoms with Gasteiger partial charge in [0.1, 0.15) is 6.61 Å². The number of aliphatic hydroxyl groups excluding tert-OH is 1. The monoisotopic (exact) mass is 225 g/mol. The van der Waals surface area contributed by atoms with Crippen molar-refractivity contribution in [3.05, 3.63) is 29.8 Å². The molecule has 0 radical (unpaired) electrons. The van der Waals surface area contributed by atoms with Crippen LogP contribution in [0.25, 0.3) is 0 Å². The van der Waals surface area contributed by atoms with E-state index in [1.54, 1.807) is 24.3 Å². The van der Waals surface area contributed by atoms with Crippen LogP contribution in [-0.2, 0) is 9.47 Å². The van der Waals surface area contributed by atoms with Gasteiger partial charge in [0.2, 0.25) is 0 Å². The molecule has 0 bridgehead atoms. The molecule has 0 fully saturated rings. The SMILES string of the molecule is Nc1cccc(C(=O)OCCOCCO)c1. The molecule has 16 heavy (non-hydrogen) atoms. The van der Waals surface area contributed by atoms with Gasteiger partial charge >= 0.3 is 5.97 Å². The quantitative estimate of drug-likeness (QED) is 0.417. The Labute approximate surface area is 93.8 Å². The first-order valence-corrected chi connectivity index (χ1v) is 4.95. The lowest BCUT2D eigenvalue weighted by molar-refractivity contribution is 0.0258. The number of nitrogens with two attached hydrogens (primary N) is 1. The molecule has 88 valence electrons. The molecule has 0 unspecified atom stereocenters. The van der Waals surface area contributed by atoms with Gasteiger partial charge in [0.05, 0.1) is 25.4 Å². The number of esters is 1. The molecule has 0 amide bonds. The molecular formula is C11H15NO4. The van der Waals surface area contributed by atoms with Crippen molar-refractivity contribution in [1.29, 1.82) is 0 Å². The lowest BCUT2D eigenvalue weighted by Gasteiger charge is -2.05. The van der Waals surface area contributed by atoms with E-state index in [4.69, 9.17) is 20.3 Å². The first-order chi connectivity index (χ1) is 7.74. The molecular weight excluding hydrogens is 210 g/mol. The molecule has 0 aliphatic rings. The van der Waals surface area contributed by atoms with Crippen LogP contribution in [0.15, 0.2) is 24.3 Å². The predicted molar refractivity (Wildman–Crippen MR) is 59.0 cm³/mol. The summed E-state index contributed by atoms with van der Waals surface area (Å²) in [6.07, 6.45) is 0. The average Bonchev–Trinajstić information content (AvgIpc) is 2.28. The number of carbonyl (C=O) groups excluding carboxylic acids is 1. The summed E-state index contributed by atoms with van der Waals surface area (Å²) in [5, 5.41) is 8.44. The molecule has 0 heterocycles. The summed E-state index contributed by atoms with van der Waals surface area (Å²) in [6, 6.07) is 6.57. The topological polar surface area (TPSA) is 81.8 Å². The zero-order valence-electron chi connectivity index (χ0n) is 8.89. The molecule has 0 aliphatic carbocycles. The van der Waals surface area contributed by atoms with Gasteiger partial charge in [-0.3, -0.25) is 0 Å². The molecule has 5 nitrogen and oxygen atoms in total. The fourth-order valence-electron chi connectivity index (χ4n) is 1.11. The third-order valence-electron chi connectivity index (χ3n) is 1.82. The number of anilines is 1. The van der Waals surface area contributed by atoms with Crippen molar-refractivity contribution in [2.45, 2.75) is 0 Å². The average molecular weight is 225 g/mol. The maximum absolute atomic E-state index is 11.4. The van der Waals surface area contributed by atoms with E-state index in [2.05, 4.69) is 0 Å². The molecule has 0 saturated heterocycles. The summed E-state index contributed by atoms with van der Waals surface area (Å²) in [5.41, 5.74) is 6.47. The zero-order chi connectivity index (χ0) is 11.8. The Morgan fingerprint density at radius 2 is 2.12 bits per heavy atom. The van der Waals surface area contributed by atoms with Crippen LogP contribution in [-0.4, -0.2) is 37.5 Å². The number of nitrogen functional groups attached to an aromatic ring is 1. The van der Waals surface area contributed by atoms with Crippen LogP contribution in [0, 0.1) is 0 Å². The molecule has 1 rings (SSSR count). The van der Waals surface area contributed by atoms with E-state index in [1.807, 2.05) is 0 Å². The molecule has 1 aromatic rings. The summed E-state index contributed by atoms with van der Waals surface area (Å²) in [5.74, 6) is -0.431. The number of carbonyl (C=O) groups is 1. The highest BCUT2D eigenvalue weighted by atomic mass is 16.6. The molecule has 0 saturated carbocycles. The lowest BCUT2D eigenvalue weighted by Crippen LogP contribution is -2.12. The number of rotatable bonds is 6. The largest absolute Gasteiger partial charge is 0.460 e. The van der Waals surface area contributed by atoms with E-state index >= 15 is 0 Å². The van der Waals surface area contributed by atoms with Crippen molar-refractivity contribution >= 4 is 11.7 Å². The predicted octanol–water partition coefficient (Wildman–Crippen LogP) is 0.434. The first kappa shape index (κ1) is 12.5. The fourth-order valence-corrected chi connectivity index (χ4v) is 1.11. The molecule has 0 atom stereocenters. The van der Waals surface area contributed by atoms with Crippen LogP contribution in [0.1, 0.15) is 10.4 Å². The minimum absolute atomic E-state index is 0.0385. The van der Waals surface area contributed by atoms with Gasteiger partial charge in [0.15, 0.2) is 0 Å². The highest BCUT2D eigenvalue weighted by Gasteiger charge is 2.06. The summed E-state index contributed by atoms with van der Waals surface area (Å²) >= 11 is 0. The number of hydrogen-bond donors (Lipinski definition) is 2. The van der Waals surface area contributed by atoms with Gasteiger partial charge in [-0.15, -0.1) is 0 Å². The lowest BCUT2D eigenvalue weighted by atomic mass is 10.2. The highest BCUT2D eigenvalue weighted by Crippen LogP contribution is 2.07. The van der Waals surface area contributed by atoms with E-state index in [0.717, 1.165) is 0 Å². The van der Waals surface area contributed by atoms with Crippen molar-refractivity contribution in [2.75, 3.05) is 32.2 Å². The van der Waals surface area contributed by atoms with E-state index in [9.17, 15) is 4.79 Å². The minimum atomic E-state index is -0.431. The molecule has 0 aromatic heterocycles. The molecule has 3 N–H and O–H groups in total. The molecule has 0 spiro atoms. The Morgan fingerprint density at radius 1 is 1.31 bits per heavy atom. The Bertz CT molecular complexity index is 341. The maximum Gasteiger partial charge on any atom is 0.338 e. The second kappa shape index (κ2) is 6.81. The highest BCUT2D eigenvalue weighted by molar-refractivity contribution is 5.90. The number of aliphatic hydroxyl groups is 1. The Morgan fingerprint density at radius 3 is 2.81 bits per heavy atom. The normalized spacial score (nSPS) is 10.1. The standard InChI is InChI=1S/C11H15NO4/c12-10-3-1-2-9(8-10)11(14)16-7-6-15-5-4-13/h1-3,8,13H,4-7,12H2. The van der Waals surface area contributed by atoms with Crippen molar-refractivity contribution in [3.63, 3.8) is 0 Å². The van der Waals surface area contributed by atoms with Crippen LogP contribution >= 0.6 is 0 Å². The number of hydrogen-bond acceptors (Lipinski definition) is 5. The second-order valence-electron chi connectivity index (χ2n) is 3.10. The van der Waals surface area contributed by atoms with Gasteiger partial charge in [-0.05, 0) is 18.2 Å². The fraction of sp³-hybridized carbons (Fsp3) is 0.364. The Balaban J connectivity index is 2.30. The van der Waals surface area contributed by atoms with Crippen molar-refractivity contribution in [1.82, 2.24) is 0 Å². The summed E-state index contributed by atoms with van der Waals surface area (Å²) in [7, 11) is 0. The van der Waals surface area contributed by atoms with Gasteiger partial charge in [0.25, 0.3) is 0 Å². The molecule has 1 aromatic carbocycles. The van der Waals surface area contributed by atoms with E-state index in [0.29, 0.717) is 11.3 Å². The molecule has 0 aliphatic heterocycles. The van der Waals surface area contributed by atoms with Crippen LogP contribution in [0.3, 0.4) is 0 Å². The first-order valence-electron chi connectivity index (χ1n) is 4.95. The Kier molecular flexibility index (Phi) is 5.31. The number of benzene rings is 1. The summed E-state index contributed by atoms with van der Waals surface area (Å²) in [6.45, 7) is 0.640. The van der Waals surface area contributed by atoms with Crippen LogP contribution in [0.5, 0.6) is 0 Å². The smallest absolute Gasteiger partial charge is 0.338 e. The van der Waals surface area contributed by atoms with Gasteiger partial charge in [0, 0.05) is 5.69 Å². The van der Waals surface area contributed by atoms with Crippen molar-refractivity contribution < 1.29 is 19.4 Å². The Hall–Kier alpha value is -1.59. The maximum atomic E-state index is 11.4. The van der Waals surface area contributed by atoms with E-state index in [-0.39, 0.29) is 26.4 Å². The second-order valence-corrected chi connectivity index (χ2v) is 3.10. The van der Waals surface area contributed by atoms with Crippen LogP contribution < -0.4 is 5.73 Å². The van der Waals surface area contributed by atoms with Crippen LogP contribution in [0.4, 0.5) is 5.69 Å². The zero-order valence-corrected chi connectivity index (χ0v) is 8.89. The van der Waals surface area contributed by atoms with Gasteiger partial charge < -0.3 is 20.3 Å². The van der Waals surface area contributed by atoms with Gasteiger partial charge in [-0.1, -0.05) is 6.07 Å². The minimum Gasteiger partial charge on any atom is -0.460 e. The van der Waals surface area contributed by atoms with Gasteiger partial charge in [-0.25, -0.2) is 4.79 Å². The third kappa shape index (κ3) is 4.29. The van der Waals surface area contributed by atoms with E-state index < -0.39 is 5.97 Å². The molecule has 5 heteroatoms. The van der Waals surface area contributed by atoms with Crippen molar-refractivity contribution in [2.24, 2.45) is 0 Å². The summed E-state index contributed by atoms with van der Waals surface area (Å²) < 4.78 is 9.87.